The van der Waals surface area contributed by atoms with Gasteiger partial charge in [0.1, 0.15) is 0 Å². The van der Waals surface area contributed by atoms with Gasteiger partial charge in [0.25, 0.3) is 0 Å². The minimum Gasteiger partial charge on any atom is -0.342 e. The lowest BCUT2D eigenvalue weighted by atomic mass is 10.0. The van der Waals surface area contributed by atoms with Crippen molar-refractivity contribution in [3.05, 3.63) is 35.9 Å². The van der Waals surface area contributed by atoms with Gasteiger partial charge in [-0.1, -0.05) is 30.3 Å². The van der Waals surface area contributed by atoms with Crippen molar-refractivity contribution < 1.29 is 4.79 Å². The van der Waals surface area contributed by atoms with E-state index in [-0.39, 0.29) is 23.7 Å². The number of likely N-dealkylation sites (N-methyl/N-ethyl adjacent to an activating group) is 1. The van der Waals surface area contributed by atoms with Crippen LogP contribution in [0.15, 0.2) is 30.3 Å². The Balaban J connectivity index is 0.00000180. The molecule has 2 atom stereocenters. The normalized spacial score (nSPS) is 24.5. The average Bonchev–Trinajstić information content (AvgIpc) is 3.17. The fourth-order valence-electron chi connectivity index (χ4n) is 2.88. The zero-order valence-corrected chi connectivity index (χ0v) is 12.5. The predicted octanol–water partition coefficient (Wildman–Crippen LogP) is 2.19. The number of hydrogen-bond donors (Lipinski definition) is 1. The van der Waals surface area contributed by atoms with Gasteiger partial charge in [-0.15, -0.1) is 12.4 Å². The Morgan fingerprint density at radius 1 is 1.32 bits per heavy atom. The largest absolute Gasteiger partial charge is 0.342 e. The van der Waals surface area contributed by atoms with Crippen LogP contribution in [0.2, 0.25) is 0 Å². The molecule has 0 spiro atoms. The number of nitrogens with zero attached hydrogens (tertiary/aromatic N) is 1. The molecule has 1 aromatic carbocycles. The molecule has 0 radical (unpaired) electrons. The van der Waals surface area contributed by atoms with Crippen LogP contribution < -0.4 is 5.73 Å². The van der Waals surface area contributed by atoms with Crippen molar-refractivity contribution in [2.75, 3.05) is 19.6 Å². The number of benzene rings is 1. The van der Waals surface area contributed by atoms with E-state index in [9.17, 15) is 4.79 Å². The molecule has 4 heteroatoms. The molecule has 2 N–H and O–H groups in total. The van der Waals surface area contributed by atoms with Gasteiger partial charge < -0.3 is 10.6 Å². The van der Waals surface area contributed by atoms with Gasteiger partial charge in [0.2, 0.25) is 5.91 Å². The van der Waals surface area contributed by atoms with Crippen molar-refractivity contribution in [3.63, 3.8) is 0 Å². The first-order valence-corrected chi connectivity index (χ1v) is 6.75. The minimum absolute atomic E-state index is 0. The summed E-state index contributed by atoms with van der Waals surface area (Å²) in [5.41, 5.74) is 6.57. The molecule has 1 amide bonds. The number of nitrogens with two attached hydrogens (primary N) is 1. The third-order valence-corrected chi connectivity index (χ3v) is 4.11. The van der Waals surface area contributed by atoms with Crippen LogP contribution in [0.25, 0.3) is 0 Å². The Bertz CT molecular complexity index is 419. The van der Waals surface area contributed by atoms with E-state index in [1.54, 1.807) is 0 Å². The molecule has 1 saturated carbocycles. The highest BCUT2D eigenvalue weighted by Gasteiger charge is 2.61. The number of carbonyl (C=O) groups is 1. The smallest absolute Gasteiger partial charge is 0.233 e. The number of halogens is 1. The monoisotopic (exact) mass is 284 g/mol. The second-order valence-corrected chi connectivity index (χ2v) is 4.95. The number of carbonyl (C=O) groups excluding carboxylic acids is 1. The van der Waals surface area contributed by atoms with Crippen molar-refractivity contribution in [3.8, 4) is 0 Å². The van der Waals surface area contributed by atoms with E-state index in [1.165, 1.54) is 0 Å². The molecule has 0 aromatic heterocycles. The van der Waals surface area contributed by atoms with Crippen LogP contribution in [0.3, 0.4) is 0 Å². The van der Waals surface area contributed by atoms with Gasteiger partial charge in [0.15, 0.2) is 0 Å². The predicted molar refractivity (Wildman–Crippen MR) is 80.5 cm³/mol. The van der Waals surface area contributed by atoms with Crippen LogP contribution in [-0.4, -0.2) is 30.4 Å². The maximum Gasteiger partial charge on any atom is 0.233 e. The third kappa shape index (κ3) is 2.63. The fraction of sp³-hybridized carbons (Fsp3) is 0.533. The van der Waals surface area contributed by atoms with Gasteiger partial charge >= 0.3 is 0 Å². The number of rotatable bonds is 5. The molecule has 1 aliphatic carbocycles. The summed E-state index contributed by atoms with van der Waals surface area (Å²) < 4.78 is 0. The van der Waals surface area contributed by atoms with Crippen molar-refractivity contribution in [2.24, 2.45) is 11.7 Å². The Kier molecular flexibility index (Phi) is 5.39. The lowest BCUT2D eigenvalue weighted by Gasteiger charge is -2.26. The molecule has 3 nitrogen and oxygen atoms in total. The summed E-state index contributed by atoms with van der Waals surface area (Å²) in [5, 5.41) is 0. The van der Waals surface area contributed by atoms with Gasteiger partial charge in [-0.3, -0.25) is 4.79 Å². The molecule has 0 bridgehead atoms. The molecule has 0 heterocycles. The molecule has 2 unspecified atom stereocenters. The van der Waals surface area contributed by atoms with Crippen molar-refractivity contribution in [1.29, 1.82) is 0 Å². The quantitative estimate of drug-likeness (QED) is 0.901. The van der Waals surface area contributed by atoms with Crippen LogP contribution in [0.1, 0.15) is 25.8 Å². The highest BCUT2D eigenvalue weighted by Crippen LogP contribution is 2.54. The van der Waals surface area contributed by atoms with E-state index in [0.717, 1.165) is 25.1 Å². The van der Waals surface area contributed by atoms with Crippen molar-refractivity contribution in [1.82, 2.24) is 4.90 Å². The highest BCUT2D eigenvalue weighted by atomic mass is 35.5. The lowest BCUT2D eigenvalue weighted by Crippen LogP contribution is -2.40. The van der Waals surface area contributed by atoms with Crippen LogP contribution in [0, 0.1) is 5.92 Å². The van der Waals surface area contributed by atoms with Gasteiger partial charge in [0, 0.05) is 13.1 Å². The molecular formula is C15H23ClN2O. The topological polar surface area (TPSA) is 46.3 Å². The molecule has 0 aliphatic heterocycles. The fourth-order valence-corrected chi connectivity index (χ4v) is 2.88. The highest BCUT2D eigenvalue weighted by molar-refractivity contribution is 5.92. The molecular weight excluding hydrogens is 262 g/mol. The van der Waals surface area contributed by atoms with Gasteiger partial charge in [-0.25, -0.2) is 0 Å². The summed E-state index contributed by atoms with van der Waals surface area (Å²) in [5.74, 6) is 0.544. The minimum atomic E-state index is -0.345. The van der Waals surface area contributed by atoms with E-state index in [2.05, 4.69) is 12.1 Å². The second kappa shape index (κ2) is 6.40. The summed E-state index contributed by atoms with van der Waals surface area (Å²) in [4.78, 5) is 14.6. The maximum absolute atomic E-state index is 12.7. The standard InChI is InChI=1S/C15H22N2O.ClH/c1-3-17(4-2)14(18)15(10-13(15)11-16)12-8-6-5-7-9-12;/h5-9,13H,3-4,10-11,16H2,1-2H3;1H/i14+2;. The van der Waals surface area contributed by atoms with Gasteiger partial charge in [-0.2, -0.15) is 0 Å². The summed E-state index contributed by atoms with van der Waals surface area (Å²) in [7, 11) is 0. The van der Waals surface area contributed by atoms with E-state index < -0.39 is 0 Å². The van der Waals surface area contributed by atoms with Crippen molar-refractivity contribution in [2.45, 2.75) is 25.7 Å². The van der Waals surface area contributed by atoms with E-state index in [0.29, 0.717) is 12.5 Å². The first-order valence-electron chi connectivity index (χ1n) is 6.75. The van der Waals surface area contributed by atoms with Crippen LogP contribution >= 0.6 is 12.4 Å². The summed E-state index contributed by atoms with van der Waals surface area (Å²) in [6.07, 6.45) is 0.892. The van der Waals surface area contributed by atoms with Crippen LogP contribution in [0.4, 0.5) is 0 Å². The third-order valence-electron chi connectivity index (χ3n) is 4.11. The Morgan fingerprint density at radius 3 is 2.32 bits per heavy atom. The van der Waals surface area contributed by atoms with Gasteiger partial charge in [0.05, 0.1) is 5.41 Å². The molecule has 19 heavy (non-hydrogen) atoms. The molecule has 2 rings (SSSR count). The van der Waals surface area contributed by atoms with Crippen LogP contribution in [-0.2, 0) is 10.2 Å². The zero-order valence-electron chi connectivity index (χ0n) is 11.6. The molecule has 1 aromatic rings. The van der Waals surface area contributed by atoms with Gasteiger partial charge in [-0.05, 0) is 38.3 Å². The summed E-state index contributed by atoms with van der Waals surface area (Å²) >= 11 is 0. The molecule has 1 aliphatic rings. The molecule has 1 fully saturated rings. The Hall–Kier alpha value is -1.06. The maximum atomic E-state index is 12.7. The first-order chi connectivity index (χ1) is 8.70. The SMILES string of the molecule is CCN(CC)[14C](=O)C1(c2ccccc2)CC1CN.Cl. The zero-order chi connectivity index (χ0) is 13.2. The first kappa shape index (κ1) is 16.0. The van der Waals surface area contributed by atoms with Crippen molar-refractivity contribution >= 4 is 18.3 Å². The van der Waals surface area contributed by atoms with E-state index in [4.69, 9.17) is 5.73 Å². The second-order valence-electron chi connectivity index (χ2n) is 4.95. The number of hydrogen-bond acceptors (Lipinski definition) is 2. The molecule has 106 valence electrons. The summed E-state index contributed by atoms with van der Waals surface area (Å²) in [6, 6.07) is 10.1. The van der Waals surface area contributed by atoms with E-state index >= 15 is 0 Å². The number of amides is 1. The van der Waals surface area contributed by atoms with Crippen LogP contribution in [0.5, 0.6) is 0 Å². The Labute approximate surface area is 121 Å². The van der Waals surface area contributed by atoms with E-state index in [1.807, 2.05) is 36.9 Å². The lowest BCUT2D eigenvalue weighted by molar-refractivity contribution is -0.134. The average molecular weight is 285 g/mol. The Morgan fingerprint density at radius 2 is 1.89 bits per heavy atom. The molecule has 0 saturated heterocycles. The summed E-state index contributed by atoms with van der Waals surface area (Å²) in [6.45, 7) is 6.17.